The molecule has 2 rings (SSSR count). The van der Waals surface area contributed by atoms with Gasteiger partial charge < -0.3 is 14.8 Å². The molecule has 2 N–H and O–H groups in total. The summed E-state index contributed by atoms with van der Waals surface area (Å²) in [7, 11) is 0. The van der Waals surface area contributed by atoms with E-state index in [1.54, 1.807) is 6.92 Å². The Morgan fingerprint density at radius 2 is 2.25 bits per heavy atom. The molecule has 0 aliphatic heterocycles. The number of rotatable bonds is 4. The number of H-pyrrole nitrogens is 1. The highest BCUT2D eigenvalue weighted by Gasteiger charge is 2.19. The summed E-state index contributed by atoms with van der Waals surface area (Å²) in [6, 6.07) is 3.03. The van der Waals surface area contributed by atoms with Gasteiger partial charge in [-0.25, -0.2) is 0 Å². The molecule has 1 atom stereocenters. The molecule has 0 spiro atoms. The molecule has 7 nitrogen and oxygen atoms in total. The van der Waals surface area contributed by atoms with E-state index in [9.17, 15) is 4.79 Å². The second-order valence-corrected chi connectivity index (χ2v) is 4.75. The standard InChI is InChI=1S/C13H15N5O2/c1-7(2)11-17-13(20-18-11)8(3)16-12(19)10-4-9(5-14)6-15-10/h4,6-8,15H,1-3H3,(H,16,19)/t8-/m0/s1. The van der Waals surface area contributed by atoms with Crippen LogP contribution in [0, 0.1) is 11.3 Å². The summed E-state index contributed by atoms with van der Waals surface area (Å²) in [4.78, 5) is 18.9. The first-order valence-electron chi connectivity index (χ1n) is 6.24. The van der Waals surface area contributed by atoms with Gasteiger partial charge in [0, 0.05) is 12.1 Å². The van der Waals surface area contributed by atoms with E-state index in [0.29, 0.717) is 23.0 Å². The molecule has 20 heavy (non-hydrogen) atoms. The molecule has 0 bridgehead atoms. The van der Waals surface area contributed by atoms with Gasteiger partial charge in [0.25, 0.3) is 5.91 Å². The number of amides is 1. The summed E-state index contributed by atoms with van der Waals surface area (Å²) in [6.07, 6.45) is 1.48. The predicted molar refractivity (Wildman–Crippen MR) is 69.8 cm³/mol. The Kier molecular flexibility index (Phi) is 3.84. The van der Waals surface area contributed by atoms with Crippen molar-refractivity contribution >= 4 is 5.91 Å². The Morgan fingerprint density at radius 3 is 2.80 bits per heavy atom. The first-order chi connectivity index (χ1) is 9.51. The second kappa shape index (κ2) is 5.57. The molecule has 1 amide bonds. The molecule has 104 valence electrons. The summed E-state index contributed by atoms with van der Waals surface area (Å²) >= 11 is 0. The van der Waals surface area contributed by atoms with Crippen molar-refractivity contribution in [2.75, 3.05) is 0 Å². The third kappa shape index (κ3) is 2.85. The summed E-state index contributed by atoms with van der Waals surface area (Å²) in [5, 5.41) is 15.3. The Labute approximate surface area is 116 Å². The van der Waals surface area contributed by atoms with Crippen molar-refractivity contribution < 1.29 is 9.32 Å². The Balaban J connectivity index is 2.05. The number of carbonyl (C=O) groups excluding carboxylic acids is 1. The van der Waals surface area contributed by atoms with E-state index in [1.807, 2.05) is 19.9 Å². The smallest absolute Gasteiger partial charge is 0.268 e. The molecule has 0 aliphatic rings. The fraction of sp³-hybridized carbons (Fsp3) is 0.385. The SMILES string of the molecule is CC(C)c1noc([C@H](C)NC(=O)c2cc(C#N)c[nH]2)n1. The van der Waals surface area contributed by atoms with Crippen LogP contribution in [0.2, 0.25) is 0 Å². The molecule has 0 unspecified atom stereocenters. The highest BCUT2D eigenvalue weighted by Crippen LogP contribution is 2.15. The zero-order chi connectivity index (χ0) is 14.7. The predicted octanol–water partition coefficient (Wildman–Crippen LogP) is 1.88. The molecule has 7 heteroatoms. The fourth-order valence-electron chi connectivity index (χ4n) is 1.58. The van der Waals surface area contributed by atoms with Gasteiger partial charge in [-0.2, -0.15) is 10.2 Å². The van der Waals surface area contributed by atoms with Crippen LogP contribution in [0.3, 0.4) is 0 Å². The maximum Gasteiger partial charge on any atom is 0.268 e. The number of nitriles is 1. The third-order valence-electron chi connectivity index (χ3n) is 2.75. The molecule has 2 heterocycles. The van der Waals surface area contributed by atoms with Crippen LogP contribution in [0.4, 0.5) is 0 Å². The molecule has 0 saturated carbocycles. The topological polar surface area (TPSA) is 108 Å². The summed E-state index contributed by atoms with van der Waals surface area (Å²) in [6.45, 7) is 5.67. The zero-order valence-corrected chi connectivity index (χ0v) is 11.5. The lowest BCUT2D eigenvalue weighted by Crippen LogP contribution is -2.27. The number of hydrogen-bond donors (Lipinski definition) is 2. The molecule has 0 saturated heterocycles. The molecular formula is C13H15N5O2. The molecule has 0 radical (unpaired) electrons. The minimum atomic E-state index is -0.406. The number of aromatic amines is 1. The van der Waals surface area contributed by atoms with Crippen LogP contribution in [-0.2, 0) is 0 Å². The largest absolute Gasteiger partial charge is 0.356 e. The van der Waals surface area contributed by atoms with Crippen LogP contribution in [0.25, 0.3) is 0 Å². The minimum absolute atomic E-state index is 0.164. The summed E-state index contributed by atoms with van der Waals surface area (Å²) in [5.74, 6) is 0.794. The third-order valence-corrected chi connectivity index (χ3v) is 2.75. The van der Waals surface area contributed by atoms with Crippen molar-refractivity contribution in [2.24, 2.45) is 0 Å². The van der Waals surface area contributed by atoms with Gasteiger partial charge in [0.05, 0.1) is 5.56 Å². The average Bonchev–Trinajstić information content (AvgIpc) is 3.07. The molecule has 0 aromatic carbocycles. The maximum absolute atomic E-state index is 12.0. The minimum Gasteiger partial charge on any atom is -0.356 e. The van der Waals surface area contributed by atoms with Gasteiger partial charge in [0.15, 0.2) is 5.82 Å². The van der Waals surface area contributed by atoms with Crippen LogP contribution in [0.5, 0.6) is 0 Å². The lowest BCUT2D eigenvalue weighted by Gasteiger charge is -2.08. The van der Waals surface area contributed by atoms with E-state index in [4.69, 9.17) is 9.78 Å². The van der Waals surface area contributed by atoms with Gasteiger partial charge in [-0.15, -0.1) is 0 Å². The number of aromatic nitrogens is 3. The monoisotopic (exact) mass is 273 g/mol. The van der Waals surface area contributed by atoms with Crippen molar-refractivity contribution in [2.45, 2.75) is 32.7 Å². The Morgan fingerprint density at radius 1 is 1.50 bits per heavy atom. The van der Waals surface area contributed by atoms with Crippen molar-refractivity contribution in [3.8, 4) is 6.07 Å². The number of hydrogen-bond acceptors (Lipinski definition) is 5. The molecule has 2 aromatic rings. The molecular weight excluding hydrogens is 258 g/mol. The second-order valence-electron chi connectivity index (χ2n) is 4.75. The Bertz CT molecular complexity index is 650. The van der Waals surface area contributed by atoms with E-state index in [0.717, 1.165) is 0 Å². The van der Waals surface area contributed by atoms with Crippen LogP contribution < -0.4 is 5.32 Å². The van der Waals surface area contributed by atoms with E-state index in [1.165, 1.54) is 12.3 Å². The summed E-state index contributed by atoms with van der Waals surface area (Å²) in [5.41, 5.74) is 0.722. The van der Waals surface area contributed by atoms with Crippen LogP contribution in [0.15, 0.2) is 16.8 Å². The number of nitrogens with one attached hydrogen (secondary N) is 2. The van der Waals surface area contributed by atoms with E-state index in [2.05, 4.69) is 20.4 Å². The van der Waals surface area contributed by atoms with Crippen molar-refractivity contribution in [1.82, 2.24) is 20.4 Å². The summed E-state index contributed by atoms with van der Waals surface area (Å²) < 4.78 is 5.11. The zero-order valence-electron chi connectivity index (χ0n) is 11.5. The molecule has 0 fully saturated rings. The fourth-order valence-corrected chi connectivity index (χ4v) is 1.58. The number of carbonyl (C=O) groups is 1. The van der Waals surface area contributed by atoms with Crippen molar-refractivity contribution in [3.05, 3.63) is 35.2 Å². The van der Waals surface area contributed by atoms with Crippen molar-refractivity contribution in [1.29, 1.82) is 5.26 Å². The maximum atomic E-state index is 12.0. The molecule has 0 aliphatic carbocycles. The van der Waals surface area contributed by atoms with Gasteiger partial charge in [0.1, 0.15) is 17.8 Å². The first-order valence-corrected chi connectivity index (χ1v) is 6.24. The quantitative estimate of drug-likeness (QED) is 0.884. The first kappa shape index (κ1) is 13.8. The van der Waals surface area contributed by atoms with Crippen LogP contribution >= 0.6 is 0 Å². The Hall–Kier alpha value is -2.62. The van der Waals surface area contributed by atoms with E-state index >= 15 is 0 Å². The van der Waals surface area contributed by atoms with Gasteiger partial charge in [0.2, 0.25) is 5.89 Å². The van der Waals surface area contributed by atoms with E-state index < -0.39 is 6.04 Å². The van der Waals surface area contributed by atoms with Gasteiger partial charge in [-0.1, -0.05) is 19.0 Å². The van der Waals surface area contributed by atoms with Crippen molar-refractivity contribution in [3.63, 3.8) is 0 Å². The normalized spacial score (nSPS) is 12.2. The van der Waals surface area contributed by atoms with Crippen LogP contribution in [0.1, 0.15) is 60.5 Å². The lowest BCUT2D eigenvalue weighted by atomic mass is 10.2. The lowest BCUT2D eigenvalue weighted by molar-refractivity contribution is 0.0928. The van der Waals surface area contributed by atoms with Crippen LogP contribution in [-0.4, -0.2) is 21.0 Å². The number of nitrogens with zero attached hydrogens (tertiary/aromatic N) is 3. The van der Waals surface area contributed by atoms with Gasteiger partial charge in [-0.3, -0.25) is 4.79 Å². The highest BCUT2D eigenvalue weighted by molar-refractivity contribution is 5.93. The van der Waals surface area contributed by atoms with Gasteiger partial charge in [-0.05, 0) is 13.0 Å². The highest BCUT2D eigenvalue weighted by atomic mass is 16.5. The van der Waals surface area contributed by atoms with E-state index in [-0.39, 0.29) is 11.8 Å². The molecule has 2 aromatic heterocycles. The van der Waals surface area contributed by atoms with Gasteiger partial charge >= 0.3 is 0 Å². The average molecular weight is 273 g/mol.